The van der Waals surface area contributed by atoms with Crippen molar-refractivity contribution in [2.45, 2.75) is 0 Å². The molecule has 0 radical (unpaired) electrons. The van der Waals surface area contributed by atoms with Crippen molar-refractivity contribution in [3.8, 4) is 5.75 Å². The lowest BCUT2D eigenvalue weighted by Crippen LogP contribution is -2.27. The number of thioether (sulfide) groups is 1. The van der Waals surface area contributed by atoms with Gasteiger partial charge in [-0.05, 0) is 72.3 Å². The van der Waals surface area contributed by atoms with Gasteiger partial charge in [-0.1, -0.05) is 47.7 Å². The molecule has 1 N–H and O–H groups in total. The number of hydrogen-bond acceptors (Lipinski definition) is 6. The minimum absolute atomic E-state index is 0.132. The highest BCUT2D eigenvalue weighted by molar-refractivity contribution is 8.27. The van der Waals surface area contributed by atoms with Gasteiger partial charge in [0.15, 0.2) is 10.9 Å². The summed E-state index contributed by atoms with van der Waals surface area (Å²) < 4.78 is 6.06. The molecule has 3 aromatic rings. The maximum atomic E-state index is 13.0. The van der Waals surface area contributed by atoms with E-state index in [1.54, 1.807) is 47.4 Å². The number of rotatable bonds is 7. The molecule has 1 heterocycles. The van der Waals surface area contributed by atoms with Gasteiger partial charge in [0, 0.05) is 30.5 Å². The lowest BCUT2D eigenvalue weighted by molar-refractivity contribution is -0.118. The minimum atomic E-state index is -0.279. The summed E-state index contributed by atoms with van der Waals surface area (Å²) in [7, 11) is 3.92. The van der Waals surface area contributed by atoms with E-state index in [0.717, 1.165) is 16.9 Å². The second-order valence-electron chi connectivity index (χ2n) is 7.84. The van der Waals surface area contributed by atoms with Crippen molar-refractivity contribution >= 4 is 74.9 Å². The summed E-state index contributed by atoms with van der Waals surface area (Å²) in [6.07, 6.45) is 1.80. The highest BCUT2D eigenvalue weighted by Gasteiger charge is 2.33. The molecular weight excluding hydrogens is 502 g/mol. The van der Waals surface area contributed by atoms with Gasteiger partial charge < -0.3 is 15.0 Å². The number of carbonyl (C=O) groups excluding carboxylic acids is 2. The molecule has 6 nitrogen and oxygen atoms in total. The molecule has 9 heteroatoms. The van der Waals surface area contributed by atoms with Crippen LogP contribution in [0.2, 0.25) is 5.02 Å². The number of nitrogens with zero attached hydrogens (tertiary/aromatic N) is 2. The predicted molar refractivity (Wildman–Crippen MR) is 148 cm³/mol. The summed E-state index contributed by atoms with van der Waals surface area (Å²) in [4.78, 5) is 29.2. The van der Waals surface area contributed by atoms with E-state index >= 15 is 0 Å². The molecule has 3 aromatic carbocycles. The van der Waals surface area contributed by atoms with Crippen LogP contribution in [0.15, 0.2) is 77.7 Å². The molecule has 0 unspecified atom stereocenters. The SMILES string of the molecule is CN(C)c1ccc(N2C(=O)/C(=C/c3ccc(OCC(=O)Nc4ccc(Cl)cc4)cc3)SC2=S)cc1. The van der Waals surface area contributed by atoms with Crippen LogP contribution < -0.4 is 19.9 Å². The Morgan fingerprint density at radius 2 is 1.71 bits per heavy atom. The van der Waals surface area contributed by atoms with E-state index in [9.17, 15) is 9.59 Å². The fourth-order valence-electron chi connectivity index (χ4n) is 3.28. The van der Waals surface area contributed by atoms with Crippen molar-refractivity contribution in [3.63, 3.8) is 0 Å². The maximum Gasteiger partial charge on any atom is 0.270 e. The number of carbonyl (C=O) groups is 2. The molecule has 1 aliphatic heterocycles. The van der Waals surface area contributed by atoms with Gasteiger partial charge >= 0.3 is 0 Å². The Balaban J connectivity index is 1.36. The number of anilines is 3. The number of halogens is 1. The van der Waals surface area contributed by atoms with Crippen LogP contribution >= 0.6 is 35.6 Å². The average molecular weight is 524 g/mol. The topological polar surface area (TPSA) is 61.9 Å². The van der Waals surface area contributed by atoms with Gasteiger partial charge in [0.1, 0.15) is 5.75 Å². The molecule has 0 bridgehead atoms. The molecular formula is C26H22ClN3O3S2. The highest BCUT2D eigenvalue weighted by Crippen LogP contribution is 2.36. The van der Waals surface area contributed by atoms with Crippen molar-refractivity contribution in [3.05, 3.63) is 88.3 Å². The highest BCUT2D eigenvalue weighted by atomic mass is 35.5. The zero-order chi connectivity index (χ0) is 24.9. The van der Waals surface area contributed by atoms with Crippen LogP contribution in [0, 0.1) is 0 Å². The normalized spacial score (nSPS) is 14.4. The van der Waals surface area contributed by atoms with Crippen LogP contribution in [-0.4, -0.2) is 36.8 Å². The van der Waals surface area contributed by atoms with E-state index in [4.69, 9.17) is 28.6 Å². The van der Waals surface area contributed by atoms with Crippen LogP contribution in [0.1, 0.15) is 5.56 Å². The van der Waals surface area contributed by atoms with Gasteiger partial charge in [-0.25, -0.2) is 0 Å². The Hall–Kier alpha value is -3.33. The second kappa shape index (κ2) is 10.9. The molecule has 178 valence electrons. The number of nitrogens with one attached hydrogen (secondary N) is 1. The van der Waals surface area contributed by atoms with Crippen molar-refractivity contribution in [2.24, 2.45) is 0 Å². The molecule has 2 amide bonds. The molecule has 1 saturated heterocycles. The zero-order valence-electron chi connectivity index (χ0n) is 19.0. The third-order valence-corrected chi connectivity index (χ3v) is 6.65. The summed E-state index contributed by atoms with van der Waals surface area (Å²) in [5, 5.41) is 3.34. The molecule has 0 spiro atoms. The third kappa shape index (κ3) is 6.22. The van der Waals surface area contributed by atoms with E-state index in [1.807, 2.05) is 55.4 Å². The zero-order valence-corrected chi connectivity index (χ0v) is 21.4. The Bertz CT molecular complexity index is 1270. The third-order valence-electron chi connectivity index (χ3n) is 5.09. The van der Waals surface area contributed by atoms with Gasteiger partial charge in [-0.3, -0.25) is 14.5 Å². The van der Waals surface area contributed by atoms with E-state index in [2.05, 4.69) is 5.32 Å². The number of amides is 2. The Morgan fingerprint density at radius 1 is 1.06 bits per heavy atom. The molecule has 0 atom stereocenters. The van der Waals surface area contributed by atoms with Crippen LogP contribution in [0.3, 0.4) is 0 Å². The summed E-state index contributed by atoms with van der Waals surface area (Å²) in [6, 6.07) is 21.7. The Labute approximate surface area is 218 Å². The first-order valence-corrected chi connectivity index (χ1v) is 12.2. The van der Waals surface area contributed by atoms with E-state index in [1.165, 1.54) is 11.8 Å². The van der Waals surface area contributed by atoms with Gasteiger partial charge in [-0.2, -0.15) is 0 Å². The van der Waals surface area contributed by atoms with Gasteiger partial charge in [0.05, 0.1) is 10.6 Å². The minimum Gasteiger partial charge on any atom is -0.484 e. The van der Waals surface area contributed by atoms with Crippen LogP contribution in [-0.2, 0) is 9.59 Å². The quantitative estimate of drug-likeness (QED) is 0.310. The second-order valence-corrected chi connectivity index (χ2v) is 9.95. The molecule has 1 aliphatic rings. The monoisotopic (exact) mass is 523 g/mol. The van der Waals surface area contributed by atoms with E-state index < -0.39 is 0 Å². The Morgan fingerprint density at radius 3 is 2.34 bits per heavy atom. The molecule has 1 fully saturated rings. The van der Waals surface area contributed by atoms with Crippen molar-refractivity contribution in [2.75, 3.05) is 35.8 Å². The summed E-state index contributed by atoms with van der Waals surface area (Å²) >= 11 is 12.6. The van der Waals surface area contributed by atoms with Crippen LogP contribution in [0.5, 0.6) is 5.75 Å². The largest absolute Gasteiger partial charge is 0.484 e. The first kappa shape index (κ1) is 24.8. The molecule has 0 aromatic heterocycles. The maximum absolute atomic E-state index is 13.0. The first-order chi connectivity index (χ1) is 16.8. The fourth-order valence-corrected chi connectivity index (χ4v) is 4.71. The van der Waals surface area contributed by atoms with E-state index in [0.29, 0.717) is 25.7 Å². The first-order valence-electron chi connectivity index (χ1n) is 10.6. The van der Waals surface area contributed by atoms with Crippen LogP contribution in [0.4, 0.5) is 17.1 Å². The lowest BCUT2D eigenvalue weighted by Gasteiger charge is -2.17. The van der Waals surface area contributed by atoms with Gasteiger partial charge in [-0.15, -0.1) is 0 Å². The fraction of sp³-hybridized carbons (Fsp3) is 0.115. The Kier molecular flexibility index (Phi) is 7.75. The van der Waals surface area contributed by atoms with Crippen molar-refractivity contribution in [1.29, 1.82) is 0 Å². The average Bonchev–Trinajstić information content (AvgIpc) is 3.12. The standard InChI is InChI=1S/C26H22ClN3O3S2/c1-29(2)20-9-11-21(12-10-20)30-25(32)23(35-26(30)34)15-17-3-13-22(14-4-17)33-16-24(31)28-19-7-5-18(27)6-8-19/h3-15H,16H2,1-2H3,(H,28,31)/b23-15-. The molecule has 0 aliphatic carbocycles. The summed E-state index contributed by atoms with van der Waals surface area (Å²) in [5.74, 6) is 0.109. The van der Waals surface area contributed by atoms with Gasteiger partial charge in [0.2, 0.25) is 0 Å². The number of hydrogen-bond donors (Lipinski definition) is 1. The smallest absolute Gasteiger partial charge is 0.270 e. The van der Waals surface area contributed by atoms with Crippen molar-refractivity contribution in [1.82, 2.24) is 0 Å². The predicted octanol–water partition coefficient (Wildman–Crippen LogP) is 5.83. The number of benzene rings is 3. The van der Waals surface area contributed by atoms with E-state index in [-0.39, 0.29) is 18.4 Å². The molecule has 4 rings (SSSR count). The van der Waals surface area contributed by atoms with Crippen LogP contribution in [0.25, 0.3) is 6.08 Å². The number of thiocarbonyl (C=S) groups is 1. The summed E-state index contributed by atoms with van der Waals surface area (Å²) in [6.45, 7) is -0.132. The summed E-state index contributed by atoms with van der Waals surface area (Å²) in [5.41, 5.74) is 3.25. The number of ether oxygens (including phenoxy) is 1. The molecule has 0 saturated carbocycles. The lowest BCUT2D eigenvalue weighted by atomic mass is 10.2. The van der Waals surface area contributed by atoms with Gasteiger partial charge in [0.25, 0.3) is 11.8 Å². The molecule has 35 heavy (non-hydrogen) atoms. The van der Waals surface area contributed by atoms with Crippen molar-refractivity contribution < 1.29 is 14.3 Å².